The summed E-state index contributed by atoms with van der Waals surface area (Å²) in [6, 6.07) is 3.95. The number of nitrogens with one attached hydrogen (secondary N) is 2. The number of aromatic nitrogens is 2. The van der Waals surface area contributed by atoms with Crippen LogP contribution in [0, 0.1) is 5.92 Å². The van der Waals surface area contributed by atoms with Crippen LogP contribution in [-0.2, 0) is 11.3 Å². The molecule has 1 aliphatic rings. The van der Waals surface area contributed by atoms with Crippen LogP contribution in [0.2, 0.25) is 0 Å². The predicted octanol–water partition coefficient (Wildman–Crippen LogP) is 5.46. The van der Waals surface area contributed by atoms with Crippen LogP contribution in [0.4, 0.5) is 11.4 Å². The molecule has 176 valence electrons. The standard InChI is InChI=1S/C25H32N4O4/c1-16(2)14-29-22(25(31)32-3)21(28-24(30)17-10-11-33-15-17)20-12-19(13-26-23(20)29)27-18-8-6-4-5-7-9-18/h10-13,15-16,18,27H,4-9,14H2,1-3H3,(H,28,30). The number of furan rings is 1. The van der Waals surface area contributed by atoms with Crippen molar-refractivity contribution in [3.05, 3.63) is 42.1 Å². The first-order chi connectivity index (χ1) is 16.0. The molecule has 0 unspecified atom stereocenters. The third-order valence-corrected chi connectivity index (χ3v) is 6.07. The predicted molar refractivity (Wildman–Crippen MR) is 128 cm³/mol. The van der Waals surface area contributed by atoms with E-state index in [9.17, 15) is 9.59 Å². The number of fused-ring (bicyclic) bond motifs is 1. The summed E-state index contributed by atoms with van der Waals surface area (Å²) < 4.78 is 12.0. The molecule has 8 nitrogen and oxygen atoms in total. The molecule has 0 atom stereocenters. The van der Waals surface area contributed by atoms with Crippen LogP contribution in [-0.4, -0.2) is 34.6 Å². The molecular weight excluding hydrogens is 420 g/mol. The summed E-state index contributed by atoms with van der Waals surface area (Å²) in [6.07, 6.45) is 11.9. The second kappa shape index (κ2) is 10.1. The van der Waals surface area contributed by atoms with E-state index in [1.54, 1.807) is 6.07 Å². The number of amides is 1. The molecule has 8 heteroatoms. The normalized spacial score (nSPS) is 14.9. The topological polar surface area (TPSA) is 98.4 Å². The highest BCUT2D eigenvalue weighted by Crippen LogP contribution is 2.34. The molecule has 4 rings (SSSR count). The van der Waals surface area contributed by atoms with Gasteiger partial charge in [0.2, 0.25) is 0 Å². The minimum Gasteiger partial charge on any atom is -0.472 e. The fourth-order valence-electron chi connectivity index (χ4n) is 4.52. The Kier molecular flexibility index (Phi) is 7.01. The van der Waals surface area contributed by atoms with Gasteiger partial charge in [-0.1, -0.05) is 39.5 Å². The molecule has 3 heterocycles. The molecule has 3 aromatic rings. The molecule has 0 spiro atoms. The molecule has 0 bridgehead atoms. The zero-order valence-electron chi connectivity index (χ0n) is 19.5. The van der Waals surface area contributed by atoms with Gasteiger partial charge in [0, 0.05) is 18.0 Å². The second-order valence-electron chi connectivity index (χ2n) is 9.11. The second-order valence-corrected chi connectivity index (χ2v) is 9.11. The van der Waals surface area contributed by atoms with Crippen molar-refractivity contribution >= 4 is 34.3 Å². The molecule has 0 radical (unpaired) electrons. The number of hydrogen-bond donors (Lipinski definition) is 2. The van der Waals surface area contributed by atoms with Crippen LogP contribution in [0.25, 0.3) is 11.0 Å². The zero-order chi connectivity index (χ0) is 23.4. The average Bonchev–Trinajstić information content (AvgIpc) is 3.34. The Hall–Kier alpha value is -3.29. The van der Waals surface area contributed by atoms with E-state index < -0.39 is 5.97 Å². The summed E-state index contributed by atoms with van der Waals surface area (Å²) in [5.74, 6) is -0.624. The van der Waals surface area contributed by atoms with Crippen molar-refractivity contribution in [2.45, 2.75) is 65.0 Å². The van der Waals surface area contributed by atoms with Crippen molar-refractivity contribution in [2.24, 2.45) is 5.92 Å². The number of rotatable bonds is 7. The monoisotopic (exact) mass is 452 g/mol. The van der Waals surface area contributed by atoms with Crippen LogP contribution in [0.1, 0.15) is 73.2 Å². The van der Waals surface area contributed by atoms with Gasteiger partial charge in [0.25, 0.3) is 5.91 Å². The number of ether oxygens (including phenoxy) is 1. The van der Waals surface area contributed by atoms with E-state index in [0.29, 0.717) is 34.9 Å². The van der Waals surface area contributed by atoms with E-state index in [4.69, 9.17) is 14.1 Å². The van der Waals surface area contributed by atoms with E-state index in [1.165, 1.54) is 45.3 Å². The van der Waals surface area contributed by atoms with Crippen LogP contribution >= 0.6 is 0 Å². The Morgan fingerprint density at radius 1 is 1.24 bits per heavy atom. The number of carbonyl (C=O) groups excluding carboxylic acids is 2. The Morgan fingerprint density at radius 2 is 2.00 bits per heavy atom. The highest BCUT2D eigenvalue weighted by molar-refractivity contribution is 6.14. The van der Waals surface area contributed by atoms with Gasteiger partial charge in [-0.25, -0.2) is 9.78 Å². The average molecular weight is 453 g/mol. The van der Waals surface area contributed by atoms with Gasteiger partial charge in [-0.3, -0.25) is 4.79 Å². The molecule has 0 aliphatic heterocycles. The first kappa shape index (κ1) is 22.9. The lowest BCUT2D eigenvalue weighted by molar-refractivity contribution is 0.0589. The van der Waals surface area contributed by atoms with E-state index >= 15 is 0 Å². The van der Waals surface area contributed by atoms with Gasteiger partial charge in [-0.15, -0.1) is 0 Å². The molecule has 0 saturated heterocycles. The Balaban J connectivity index is 1.80. The van der Waals surface area contributed by atoms with Gasteiger partial charge in [0.15, 0.2) is 5.69 Å². The lowest BCUT2D eigenvalue weighted by Gasteiger charge is -2.17. The largest absolute Gasteiger partial charge is 0.472 e. The number of anilines is 2. The van der Waals surface area contributed by atoms with Crippen molar-refractivity contribution in [1.82, 2.24) is 9.55 Å². The molecule has 0 aromatic carbocycles. The van der Waals surface area contributed by atoms with Crippen LogP contribution in [0.5, 0.6) is 0 Å². The van der Waals surface area contributed by atoms with Gasteiger partial charge >= 0.3 is 5.97 Å². The maximum absolute atomic E-state index is 12.9. The molecule has 1 aliphatic carbocycles. The summed E-state index contributed by atoms with van der Waals surface area (Å²) in [5.41, 5.74) is 2.58. The summed E-state index contributed by atoms with van der Waals surface area (Å²) in [7, 11) is 1.34. The van der Waals surface area contributed by atoms with Crippen molar-refractivity contribution in [1.29, 1.82) is 0 Å². The van der Waals surface area contributed by atoms with Gasteiger partial charge in [0.05, 0.1) is 36.5 Å². The Labute approximate surface area is 193 Å². The smallest absolute Gasteiger partial charge is 0.356 e. The number of esters is 1. The summed E-state index contributed by atoms with van der Waals surface area (Å²) >= 11 is 0. The van der Waals surface area contributed by atoms with E-state index in [2.05, 4.69) is 24.5 Å². The van der Waals surface area contributed by atoms with Crippen LogP contribution < -0.4 is 10.6 Å². The summed E-state index contributed by atoms with van der Waals surface area (Å²) in [4.78, 5) is 30.5. The minimum atomic E-state index is -0.519. The van der Waals surface area contributed by atoms with Gasteiger partial charge in [-0.05, 0) is 30.9 Å². The quantitative estimate of drug-likeness (QED) is 0.365. The molecule has 1 fully saturated rings. The SMILES string of the molecule is COC(=O)c1c(NC(=O)c2ccoc2)c2cc(NC3CCCCCC3)cnc2n1CC(C)C. The number of hydrogen-bond acceptors (Lipinski definition) is 6. The van der Waals surface area contributed by atoms with E-state index in [0.717, 1.165) is 18.5 Å². The molecule has 1 saturated carbocycles. The molecular formula is C25H32N4O4. The van der Waals surface area contributed by atoms with Crippen LogP contribution in [0.3, 0.4) is 0 Å². The number of carbonyl (C=O) groups is 2. The fraction of sp³-hybridized carbons (Fsp3) is 0.480. The number of pyridine rings is 1. The van der Waals surface area contributed by atoms with Crippen LogP contribution in [0.15, 0.2) is 35.3 Å². The van der Waals surface area contributed by atoms with Gasteiger partial charge < -0.3 is 24.4 Å². The fourth-order valence-corrected chi connectivity index (χ4v) is 4.52. The lowest BCUT2D eigenvalue weighted by atomic mass is 10.1. The van der Waals surface area contributed by atoms with Gasteiger partial charge in [-0.2, -0.15) is 0 Å². The maximum atomic E-state index is 12.9. The number of methoxy groups -OCH3 is 1. The van der Waals surface area contributed by atoms with E-state index in [1.807, 2.05) is 16.8 Å². The van der Waals surface area contributed by atoms with Gasteiger partial charge in [0.1, 0.15) is 11.9 Å². The van der Waals surface area contributed by atoms with Crippen molar-refractivity contribution in [3.63, 3.8) is 0 Å². The molecule has 2 N–H and O–H groups in total. The highest BCUT2D eigenvalue weighted by Gasteiger charge is 2.27. The van der Waals surface area contributed by atoms with Crippen molar-refractivity contribution in [2.75, 3.05) is 17.7 Å². The maximum Gasteiger partial charge on any atom is 0.356 e. The number of nitrogens with zero attached hydrogens (tertiary/aromatic N) is 2. The summed E-state index contributed by atoms with van der Waals surface area (Å²) in [5, 5.41) is 7.24. The Morgan fingerprint density at radius 3 is 2.64 bits per heavy atom. The van der Waals surface area contributed by atoms with E-state index in [-0.39, 0.29) is 17.5 Å². The first-order valence-electron chi connectivity index (χ1n) is 11.7. The highest BCUT2D eigenvalue weighted by atomic mass is 16.5. The third kappa shape index (κ3) is 5.05. The van der Waals surface area contributed by atoms with Crippen molar-refractivity contribution in [3.8, 4) is 0 Å². The molecule has 3 aromatic heterocycles. The third-order valence-electron chi connectivity index (χ3n) is 6.07. The summed E-state index contributed by atoms with van der Waals surface area (Å²) in [6.45, 7) is 4.70. The zero-order valence-corrected chi connectivity index (χ0v) is 19.5. The minimum absolute atomic E-state index is 0.257. The lowest BCUT2D eigenvalue weighted by Crippen LogP contribution is -2.18. The Bertz CT molecular complexity index is 1110. The molecule has 1 amide bonds. The van der Waals surface area contributed by atoms with Crippen molar-refractivity contribution < 1.29 is 18.7 Å². The molecule has 33 heavy (non-hydrogen) atoms. The first-order valence-corrected chi connectivity index (χ1v) is 11.7.